The molecule has 0 radical (unpaired) electrons. The number of rotatable bonds is 6. The molecule has 0 aliphatic carbocycles. The summed E-state index contributed by atoms with van der Waals surface area (Å²) in [7, 11) is 1.82. The Morgan fingerprint density at radius 1 is 1.35 bits per heavy atom. The summed E-state index contributed by atoms with van der Waals surface area (Å²) in [4.78, 5) is 13.5. The van der Waals surface area contributed by atoms with Gasteiger partial charge in [0.15, 0.2) is 11.5 Å². The maximum absolute atomic E-state index is 11.8. The Hall–Kier alpha value is -1.91. The predicted octanol–water partition coefficient (Wildman–Crippen LogP) is 2.40. The van der Waals surface area contributed by atoms with E-state index in [2.05, 4.69) is 12.2 Å². The number of urea groups is 1. The highest BCUT2D eigenvalue weighted by Gasteiger charge is 2.13. The average molecular weight is 278 g/mol. The number of hydrogen-bond donors (Lipinski definition) is 1. The number of carbonyl (C=O) groups excluding carboxylic acids is 1. The highest BCUT2D eigenvalue weighted by molar-refractivity contribution is 5.73. The van der Waals surface area contributed by atoms with Crippen molar-refractivity contribution in [1.82, 2.24) is 10.2 Å². The molecule has 0 bridgehead atoms. The van der Waals surface area contributed by atoms with Gasteiger partial charge in [-0.05, 0) is 30.5 Å². The maximum Gasteiger partial charge on any atom is 0.317 e. The first-order chi connectivity index (χ1) is 9.70. The summed E-state index contributed by atoms with van der Waals surface area (Å²) in [6, 6.07) is 5.86. The first kappa shape index (κ1) is 14.5. The van der Waals surface area contributed by atoms with Crippen LogP contribution < -0.4 is 14.8 Å². The van der Waals surface area contributed by atoms with E-state index in [0.717, 1.165) is 42.9 Å². The summed E-state index contributed by atoms with van der Waals surface area (Å²) >= 11 is 0. The summed E-state index contributed by atoms with van der Waals surface area (Å²) in [5, 5.41) is 2.92. The second-order valence-corrected chi connectivity index (χ2v) is 4.94. The van der Waals surface area contributed by atoms with E-state index in [1.54, 1.807) is 4.90 Å². The molecule has 1 aliphatic heterocycles. The van der Waals surface area contributed by atoms with Gasteiger partial charge in [0.05, 0.1) is 0 Å². The lowest BCUT2D eigenvalue weighted by molar-refractivity contribution is 0.174. The van der Waals surface area contributed by atoms with Gasteiger partial charge in [-0.3, -0.25) is 0 Å². The fourth-order valence-electron chi connectivity index (χ4n) is 2.04. The Morgan fingerprint density at radius 2 is 2.15 bits per heavy atom. The fourth-order valence-corrected chi connectivity index (χ4v) is 2.04. The molecule has 0 atom stereocenters. The first-order valence-corrected chi connectivity index (χ1v) is 7.08. The number of benzene rings is 1. The largest absolute Gasteiger partial charge is 0.454 e. The van der Waals surface area contributed by atoms with Gasteiger partial charge in [-0.1, -0.05) is 19.4 Å². The molecule has 0 aromatic heterocycles. The number of nitrogens with zero attached hydrogens (tertiary/aromatic N) is 1. The standard InChI is InChI=1S/C15H22N2O3/c1-3-4-9-17(2)15(18)16-8-7-12-5-6-13-14(10-12)20-11-19-13/h5-6,10H,3-4,7-9,11H2,1-2H3,(H,16,18). The number of amides is 2. The molecule has 20 heavy (non-hydrogen) atoms. The molecule has 2 rings (SSSR count). The maximum atomic E-state index is 11.8. The quantitative estimate of drug-likeness (QED) is 0.869. The van der Waals surface area contributed by atoms with Crippen LogP contribution in [0.25, 0.3) is 0 Å². The average Bonchev–Trinajstić information content (AvgIpc) is 2.92. The minimum Gasteiger partial charge on any atom is -0.454 e. The van der Waals surface area contributed by atoms with Crippen LogP contribution in [0, 0.1) is 0 Å². The van der Waals surface area contributed by atoms with E-state index in [4.69, 9.17) is 9.47 Å². The van der Waals surface area contributed by atoms with Crippen molar-refractivity contribution in [2.45, 2.75) is 26.2 Å². The molecule has 1 N–H and O–H groups in total. The number of nitrogens with one attached hydrogen (secondary N) is 1. The summed E-state index contributed by atoms with van der Waals surface area (Å²) < 4.78 is 10.6. The lowest BCUT2D eigenvalue weighted by Gasteiger charge is -2.17. The second-order valence-electron chi connectivity index (χ2n) is 4.94. The van der Waals surface area contributed by atoms with Crippen molar-refractivity contribution < 1.29 is 14.3 Å². The van der Waals surface area contributed by atoms with Crippen molar-refractivity contribution >= 4 is 6.03 Å². The minimum atomic E-state index is -0.0146. The van der Waals surface area contributed by atoms with Crippen LogP contribution in [0.1, 0.15) is 25.3 Å². The molecule has 1 heterocycles. The molecule has 0 unspecified atom stereocenters. The molecule has 0 saturated heterocycles. The number of carbonyl (C=O) groups is 1. The molecular weight excluding hydrogens is 256 g/mol. The van der Waals surface area contributed by atoms with Crippen molar-refractivity contribution in [2.75, 3.05) is 26.9 Å². The highest BCUT2D eigenvalue weighted by atomic mass is 16.7. The van der Waals surface area contributed by atoms with Gasteiger partial charge in [-0.25, -0.2) is 4.79 Å². The molecule has 5 nitrogen and oxygen atoms in total. The molecule has 0 saturated carbocycles. The van der Waals surface area contributed by atoms with Crippen molar-refractivity contribution in [1.29, 1.82) is 0 Å². The topological polar surface area (TPSA) is 50.8 Å². The Morgan fingerprint density at radius 3 is 2.95 bits per heavy atom. The number of fused-ring (bicyclic) bond motifs is 1. The van der Waals surface area contributed by atoms with E-state index in [1.807, 2.05) is 25.2 Å². The monoisotopic (exact) mass is 278 g/mol. The minimum absolute atomic E-state index is 0.0146. The van der Waals surface area contributed by atoms with E-state index in [1.165, 1.54) is 0 Å². The molecule has 0 spiro atoms. The van der Waals surface area contributed by atoms with Crippen molar-refractivity contribution in [3.63, 3.8) is 0 Å². The number of hydrogen-bond acceptors (Lipinski definition) is 3. The lowest BCUT2D eigenvalue weighted by atomic mass is 10.1. The van der Waals surface area contributed by atoms with Crippen LogP contribution in [0.4, 0.5) is 4.79 Å². The van der Waals surface area contributed by atoms with Gasteiger partial charge in [0.25, 0.3) is 0 Å². The number of ether oxygens (including phenoxy) is 2. The normalized spacial score (nSPS) is 12.3. The van der Waals surface area contributed by atoms with E-state index in [-0.39, 0.29) is 12.8 Å². The molecule has 110 valence electrons. The van der Waals surface area contributed by atoms with E-state index < -0.39 is 0 Å². The van der Waals surface area contributed by atoms with Crippen LogP contribution in [0.3, 0.4) is 0 Å². The van der Waals surface area contributed by atoms with Crippen LogP contribution in [0.2, 0.25) is 0 Å². The Kier molecular flexibility index (Phi) is 5.09. The highest BCUT2D eigenvalue weighted by Crippen LogP contribution is 2.32. The summed E-state index contributed by atoms with van der Waals surface area (Å²) in [5.74, 6) is 1.57. The smallest absolute Gasteiger partial charge is 0.317 e. The molecule has 1 aliphatic rings. The lowest BCUT2D eigenvalue weighted by Crippen LogP contribution is -2.38. The SMILES string of the molecule is CCCCN(C)C(=O)NCCc1ccc2c(c1)OCO2. The summed E-state index contributed by atoms with van der Waals surface area (Å²) in [5.41, 5.74) is 1.13. The Bertz CT molecular complexity index is 462. The molecule has 0 fully saturated rings. The van der Waals surface area contributed by atoms with Crippen LogP contribution in [0.5, 0.6) is 11.5 Å². The van der Waals surface area contributed by atoms with Gasteiger partial charge in [0, 0.05) is 20.1 Å². The van der Waals surface area contributed by atoms with E-state index in [0.29, 0.717) is 6.54 Å². The summed E-state index contributed by atoms with van der Waals surface area (Å²) in [6.07, 6.45) is 2.91. The van der Waals surface area contributed by atoms with Crippen LogP contribution in [-0.4, -0.2) is 37.9 Å². The van der Waals surface area contributed by atoms with Gasteiger partial charge in [-0.2, -0.15) is 0 Å². The van der Waals surface area contributed by atoms with E-state index >= 15 is 0 Å². The Balaban J connectivity index is 1.74. The van der Waals surface area contributed by atoms with Crippen molar-refractivity contribution in [3.8, 4) is 11.5 Å². The second kappa shape index (κ2) is 7.03. The fraction of sp³-hybridized carbons (Fsp3) is 0.533. The third kappa shape index (κ3) is 3.79. The predicted molar refractivity (Wildman–Crippen MR) is 77.2 cm³/mol. The van der Waals surface area contributed by atoms with Crippen LogP contribution >= 0.6 is 0 Å². The number of unbranched alkanes of at least 4 members (excludes halogenated alkanes) is 1. The first-order valence-electron chi connectivity index (χ1n) is 7.08. The van der Waals surface area contributed by atoms with Crippen molar-refractivity contribution in [3.05, 3.63) is 23.8 Å². The zero-order chi connectivity index (χ0) is 14.4. The van der Waals surface area contributed by atoms with Crippen LogP contribution in [-0.2, 0) is 6.42 Å². The van der Waals surface area contributed by atoms with Gasteiger partial charge < -0.3 is 19.7 Å². The van der Waals surface area contributed by atoms with Gasteiger partial charge in [-0.15, -0.1) is 0 Å². The molecule has 5 heteroatoms. The third-order valence-corrected chi connectivity index (χ3v) is 3.32. The van der Waals surface area contributed by atoms with Gasteiger partial charge >= 0.3 is 6.03 Å². The molecule has 1 aromatic rings. The van der Waals surface area contributed by atoms with Gasteiger partial charge in [0.2, 0.25) is 6.79 Å². The van der Waals surface area contributed by atoms with Gasteiger partial charge in [0.1, 0.15) is 0 Å². The third-order valence-electron chi connectivity index (χ3n) is 3.32. The Labute approximate surface area is 119 Å². The molecule has 1 aromatic carbocycles. The van der Waals surface area contributed by atoms with Crippen molar-refractivity contribution in [2.24, 2.45) is 0 Å². The van der Waals surface area contributed by atoms with Crippen LogP contribution in [0.15, 0.2) is 18.2 Å². The molecule has 2 amide bonds. The zero-order valence-electron chi connectivity index (χ0n) is 12.1. The molecular formula is C15H22N2O3. The summed E-state index contributed by atoms with van der Waals surface area (Å²) in [6.45, 7) is 3.82. The zero-order valence-corrected chi connectivity index (χ0v) is 12.1. The van der Waals surface area contributed by atoms with E-state index in [9.17, 15) is 4.79 Å².